The van der Waals surface area contributed by atoms with Gasteiger partial charge in [0, 0.05) is 35.5 Å². The highest BCUT2D eigenvalue weighted by atomic mass is 16.5. The first-order chi connectivity index (χ1) is 16.7. The van der Waals surface area contributed by atoms with Crippen molar-refractivity contribution < 1.29 is 13.9 Å². The van der Waals surface area contributed by atoms with Crippen LogP contribution in [0.25, 0.3) is 33.9 Å². The van der Waals surface area contributed by atoms with Crippen LogP contribution in [0, 0.1) is 17.8 Å². The molecule has 9 heteroatoms. The van der Waals surface area contributed by atoms with Crippen molar-refractivity contribution in [3.05, 3.63) is 43.2 Å². The molecule has 34 heavy (non-hydrogen) atoms. The van der Waals surface area contributed by atoms with Gasteiger partial charge < -0.3 is 19.5 Å². The Bertz CT molecular complexity index is 1310. The lowest BCUT2D eigenvalue weighted by Gasteiger charge is -2.47. The van der Waals surface area contributed by atoms with E-state index in [-0.39, 0.29) is 17.9 Å². The Balaban J connectivity index is 1.41. The number of nitrogens with one attached hydrogen (secondary N) is 2. The highest BCUT2D eigenvalue weighted by molar-refractivity contribution is 5.91. The molecule has 2 bridgehead atoms. The summed E-state index contributed by atoms with van der Waals surface area (Å²) in [5, 5.41) is 4.46. The highest BCUT2D eigenvalue weighted by Crippen LogP contribution is 2.47. The standard InChI is InChI=1S/C25H26N6O3/c1-2-33-25(32)21-14-5-7-15(8-6-14)22(21)30-20-10-18(19-4-3-9-34-19)29-24(31-20)17-12-27-23-16(17)11-26-13-28-23/h3-4,9-15,21-22H,2,5-8H2,1H3,(H,26,27,28)(H,29,30,31). The molecule has 174 valence electrons. The van der Waals surface area contributed by atoms with Crippen LogP contribution < -0.4 is 5.32 Å². The fraction of sp³-hybridized carbons (Fsp3) is 0.400. The van der Waals surface area contributed by atoms with Crippen LogP contribution in [0.1, 0.15) is 32.6 Å². The third kappa shape index (κ3) is 3.61. The molecule has 0 radical (unpaired) electrons. The number of furan rings is 1. The van der Waals surface area contributed by atoms with Gasteiger partial charge >= 0.3 is 5.97 Å². The molecule has 4 heterocycles. The number of aromatic nitrogens is 5. The van der Waals surface area contributed by atoms with E-state index in [2.05, 4.69) is 20.3 Å². The predicted molar refractivity (Wildman–Crippen MR) is 126 cm³/mol. The summed E-state index contributed by atoms with van der Waals surface area (Å²) in [6.45, 7) is 2.25. The lowest BCUT2D eigenvalue weighted by Crippen LogP contribution is -2.52. The summed E-state index contributed by atoms with van der Waals surface area (Å²) in [5.41, 5.74) is 2.19. The Morgan fingerprint density at radius 2 is 2.09 bits per heavy atom. The maximum atomic E-state index is 12.9. The summed E-state index contributed by atoms with van der Waals surface area (Å²) in [4.78, 5) is 34.2. The molecule has 0 spiro atoms. The van der Waals surface area contributed by atoms with E-state index in [1.807, 2.05) is 31.3 Å². The zero-order chi connectivity index (χ0) is 23.1. The molecule has 7 rings (SSSR count). The van der Waals surface area contributed by atoms with Gasteiger partial charge in [0.25, 0.3) is 0 Å². The van der Waals surface area contributed by atoms with Crippen molar-refractivity contribution in [3.63, 3.8) is 0 Å². The lowest BCUT2D eigenvalue weighted by molar-refractivity contribution is -0.154. The number of hydrogen-bond acceptors (Lipinski definition) is 8. The summed E-state index contributed by atoms with van der Waals surface area (Å²) in [7, 11) is 0. The Hall–Kier alpha value is -3.75. The van der Waals surface area contributed by atoms with Crippen LogP contribution >= 0.6 is 0 Å². The number of ether oxygens (including phenoxy) is 1. The van der Waals surface area contributed by atoms with E-state index in [0.717, 1.165) is 42.3 Å². The minimum Gasteiger partial charge on any atom is -0.466 e. The molecular weight excluding hydrogens is 432 g/mol. The van der Waals surface area contributed by atoms with Crippen molar-refractivity contribution in [2.75, 3.05) is 11.9 Å². The Labute approximate surface area is 196 Å². The van der Waals surface area contributed by atoms with Gasteiger partial charge in [0.05, 0.1) is 18.8 Å². The molecule has 2 atom stereocenters. The number of H-pyrrole nitrogens is 1. The fourth-order valence-electron chi connectivity index (χ4n) is 5.64. The zero-order valence-corrected chi connectivity index (χ0v) is 18.9. The highest BCUT2D eigenvalue weighted by Gasteiger charge is 2.48. The SMILES string of the molecule is CCOC(=O)C1C2CCC(CC2)C1Nc1cc(-c2ccco2)nc(-c2c[nH]c3ncncc23)n1. The molecule has 4 aromatic heterocycles. The van der Waals surface area contributed by atoms with Gasteiger partial charge in [-0.1, -0.05) is 0 Å². The predicted octanol–water partition coefficient (Wildman–Crippen LogP) is 4.45. The van der Waals surface area contributed by atoms with E-state index in [1.165, 1.54) is 6.33 Å². The summed E-state index contributed by atoms with van der Waals surface area (Å²) in [6, 6.07) is 5.57. The van der Waals surface area contributed by atoms with Gasteiger partial charge in [-0.2, -0.15) is 0 Å². The van der Waals surface area contributed by atoms with Crippen molar-refractivity contribution in [3.8, 4) is 22.8 Å². The van der Waals surface area contributed by atoms with E-state index in [0.29, 0.717) is 41.5 Å². The first-order valence-corrected chi connectivity index (χ1v) is 11.8. The molecular formula is C25H26N6O3. The largest absolute Gasteiger partial charge is 0.466 e. The molecule has 3 saturated carbocycles. The molecule has 0 amide bonds. The molecule has 3 aliphatic rings. The number of nitrogens with zero attached hydrogens (tertiary/aromatic N) is 4. The normalized spacial score (nSPS) is 23.8. The Kier molecular flexibility index (Phi) is 5.24. The van der Waals surface area contributed by atoms with Crippen molar-refractivity contribution in [1.29, 1.82) is 0 Å². The summed E-state index contributed by atoms with van der Waals surface area (Å²) < 4.78 is 11.1. The number of fused-ring (bicyclic) bond motifs is 4. The Morgan fingerprint density at radius 3 is 2.88 bits per heavy atom. The van der Waals surface area contributed by atoms with Crippen molar-refractivity contribution in [2.45, 2.75) is 38.6 Å². The van der Waals surface area contributed by atoms with Crippen molar-refractivity contribution in [2.24, 2.45) is 17.8 Å². The lowest BCUT2D eigenvalue weighted by atomic mass is 9.61. The van der Waals surface area contributed by atoms with Crippen LogP contribution in [-0.4, -0.2) is 43.5 Å². The van der Waals surface area contributed by atoms with Crippen LogP contribution in [0.3, 0.4) is 0 Å². The van der Waals surface area contributed by atoms with E-state index in [9.17, 15) is 4.79 Å². The minimum absolute atomic E-state index is 0.0231. The maximum Gasteiger partial charge on any atom is 0.311 e. The molecule has 0 saturated heterocycles. The third-order valence-corrected chi connectivity index (χ3v) is 7.19. The second-order valence-electron chi connectivity index (χ2n) is 9.05. The Morgan fingerprint density at radius 1 is 1.24 bits per heavy atom. The summed E-state index contributed by atoms with van der Waals surface area (Å²) in [5.74, 6) is 2.32. The zero-order valence-electron chi connectivity index (χ0n) is 18.9. The molecule has 4 aromatic rings. The van der Waals surface area contributed by atoms with E-state index >= 15 is 0 Å². The number of carbonyl (C=O) groups is 1. The van der Waals surface area contributed by atoms with Crippen LogP contribution in [0.4, 0.5) is 5.82 Å². The number of rotatable bonds is 6. The van der Waals surface area contributed by atoms with E-state index in [4.69, 9.17) is 19.1 Å². The van der Waals surface area contributed by atoms with Gasteiger partial charge in [0.2, 0.25) is 0 Å². The monoisotopic (exact) mass is 458 g/mol. The fourth-order valence-corrected chi connectivity index (χ4v) is 5.64. The molecule has 2 N–H and O–H groups in total. The number of anilines is 1. The maximum absolute atomic E-state index is 12.9. The molecule has 0 aromatic carbocycles. The van der Waals surface area contributed by atoms with Crippen molar-refractivity contribution >= 4 is 22.8 Å². The van der Waals surface area contributed by atoms with Gasteiger partial charge in [0.1, 0.15) is 23.5 Å². The number of carbonyl (C=O) groups excluding carboxylic acids is 1. The molecule has 0 aliphatic heterocycles. The first-order valence-electron chi connectivity index (χ1n) is 11.8. The quantitative estimate of drug-likeness (QED) is 0.407. The first kappa shape index (κ1) is 20.8. The van der Waals surface area contributed by atoms with Crippen LogP contribution in [0.5, 0.6) is 0 Å². The smallest absolute Gasteiger partial charge is 0.311 e. The number of aromatic amines is 1. The van der Waals surface area contributed by atoms with Crippen LogP contribution in [0.2, 0.25) is 0 Å². The average Bonchev–Trinajstić information content (AvgIpc) is 3.55. The minimum atomic E-state index is -0.167. The third-order valence-electron chi connectivity index (χ3n) is 7.19. The second kappa shape index (κ2) is 8.55. The number of esters is 1. The van der Waals surface area contributed by atoms with E-state index in [1.54, 1.807) is 12.5 Å². The van der Waals surface area contributed by atoms with E-state index < -0.39 is 0 Å². The topological polar surface area (TPSA) is 119 Å². The van der Waals surface area contributed by atoms with Gasteiger partial charge in [0.15, 0.2) is 11.6 Å². The van der Waals surface area contributed by atoms with Gasteiger partial charge in [-0.3, -0.25) is 4.79 Å². The summed E-state index contributed by atoms with van der Waals surface area (Å²) in [6.07, 6.45) is 11.1. The summed E-state index contributed by atoms with van der Waals surface area (Å²) >= 11 is 0. The molecule has 3 fully saturated rings. The van der Waals surface area contributed by atoms with Crippen molar-refractivity contribution in [1.82, 2.24) is 24.9 Å². The van der Waals surface area contributed by atoms with Gasteiger partial charge in [-0.15, -0.1) is 0 Å². The molecule has 3 aliphatic carbocycles. The number of hydrogen-bond donors (Lipinski definition) is 2. The molecule has 9 nitrogen and oxygen atoms in total. The van der Waals surface area contributed by atoms with Crippen LogP contribution in [0.15, 0.2) is 47.6 Å². The van der Waals surface area contributed by atoms with Gasteiger partial charge in [-0.05, 0) is 56.6 Å². The average molecular weight is 459 g/mol. The van der Waals surface area contributed by atoms with Crippen LogP contribution in [-0.2, 0) is 9.53 Å². The van der Waals surface area contributed by atoms with Gasteiger partial charge in [-0.25, -0.2) is 19.9 Å². The molecule has 2 unspecified atom stereocenters. The second-order valence-corrected chi connectivity index (χ2v) is 9.05.